The Morgan fingerprint density at radius 2 is 1.59 bits per heavy atom. The highest BCUT2D eigenvalue weighted by molar-refractivity contribution is 6.22. The number of hydrogen-bond donors (Lipinski definition) is 0. The molecule has 2 amide bonds. The van der Waals surface area contributed by atoms with Gasteiger partial charge in [0.1, 0.15) is 5.82 Å². The molecule has 0 saturated carbocycles. The summed E-state index contributed by atoms with van der Waals surface area (Å²) in [5.74, 6) is -0.520. The van der Waals surface area contributed by atoms with Gasteiger partial charge in [-0.3, -0.25) is 14.5 Å². The molecule has 2 aromatic carbocycles. The predicted octanol–water partition coefficient (Wildman–Crippen LogP) is 2.59. The van der Waals surface area contributed by atoms with Crippen molar-refractivity contribution < 1.29 is 14.0 Å². The van der Waals surface area contributed by atoms with Gasteiger partial charge in [-0.25, -0.2) is 9.29 Å². The van der Waals surface area contributed by atoms with E-state index in [0.29, 0.717) is 18.8 Å². The number of halogens is 1. The maximum atomic E-state index is 13.1. The van der Waals surface area contributed by atoms with Gasteiger partial charge in [-0.15, -0.1) is 0 Å². The molecule has 2 aromatic rings. The van der Waals surface area contributed by atoms with Crippen molar-refractivity contribution >= 4 is 23.2 Å². The monoisotopic (exact) mass is 367 g/mol. The van der Waals surface area contributed by atoms with Crippen molar-refractivity contribution in [1.29, 1.82) is 0 Å². The highest BCUT2D eigenvalue weighted by atomic mass is 19.1. The van der Waals surface area contributed by atoms with E-state index in [1.807, 2.05) is 31.2 Å². The van der Waals surface area contributed by atoms with E-state index < -0.39 is 6.04 Å². The molecule has 1 atom stereocenters. The Morgan fingerprint density at radius 1 is 0.926 bits per heavy atom. The van der Waals surface area contributed by atoms with E-state index in [2.05, 4.69) is 9.80 Å². The number of rotatable bonds is 3. The van der Waals surface area contributed by atoms with Crippen LogP contribution in [0.3, 0.4) is 0 Å². The Labute approximate surface area is 158 Å². The van der Waals surface area contributed by atoms with Crippen LogP contribution >= 0.6 is 0 Å². The third-order valence-electron chi connectivity index (χ3n) is 5.43. The van der Waals surface area contributed by atoms with Crippen molar-refractivity contribution in [3.05, 3.63) is 59.9 Å². The molecule has 0 bridgehead atoms. The van der Waals surface area contributed by atoms with Gasteiger partial charge in [-0.2, -0.15) is 0 Å². The van der Waals surface area contributed by atoms with Crippen molar-refractivity contribution in [3.8, 4) is 0 Å². The smallest absolute Gasteiger partial charge is 0.251 e. The van der Waals surface area contributed by atoms with Gasteiger partial charge < -0.3 is 4.90 Å². The second-order valence-corrected chi connectivity index (χ2v) is 7.07. The summed E-state index contributed by atoms with van der Waals surface area (Å²) in [6.07, 6.45) is 0.226. The van der Waals surface area contributed by atoms with Crippen LogP contribution in [-0.2, 0) is 9.59 Å². The van der Waals surface area contributed by atoms with E-state index in [1.54, 1.807) is 12.1 Å². The number of carbonyl (C=O) groups excluding carboxylic acids is 2. The lowest BCUT2D eigenvalue weighted by atomic mass is 10.1. The van der Waals surface area contributed by atoms with Crippen LogP contribution in [0.1, 0.15) is 12.0 Å². The number of para-hydroxylation sites is 1. The van der Waals surface area contributed by atoms with Crippen molar-refractivity contribution in [2.75, 3.05) is 36.0 Å². The summed E-state index contributed by atoms with van der Waals surface area (Å²) in [6, 6.07) is 13.5. The molecular formula is C21H22FN3O2. The van der Waals surface area contributed by atoms with Crippen LogP contribution in [0.4, 0.5) is 15.8 Å². The summed E-state index contributed by atoms with van der Waals surface area (Å²) in [5.41, 5.74) is 2.58. The minimum absolute atomic E-state index is 0.135. The third-order valence-corrected chi connectivity index (χ3v) is 5.43. The molecule has 0 radical (unpaired) electrons. The van der Waals surface area contributed by atoms with Gasteiger partial charge in [0.15, 0.2) is 0 Å². The molecule has 0 aromatic heterocycles. The van der Waals surface area contributed by atoms with Crippen LogP contribution in [0.25, 0.3) is 0 Å². The van der Waals surface area contributed by atoms with E-state index in [-0.39, 0.29) is 24.1 Å². The van der Waals surface area contributed by atoms with Crippen LogP contribution < -0.4 is 9.80 Å². The number of piperazine rings is 1. The Hall–Kier alpha value is -2.73. The van der Waals surface area contributed by atoms with Gasteiger partial charge in [0, 0.05) is 31.9 Å². The molecular weight excluding hydrogens is 345 g/mol. The van der Waals surface area contributed by atoms with Crippen LogP contribution in [0.15, 0.2) is 48.5 Å². The molecule has 0 N–H and O–H groups in total. The molecule has 6 heteroatoms. The van der Waals surface area contributed by atoms with Crippen LogP contribution in [0.2, 0.25) is 0 Å². The minimum atomic E-state index is -0.396. The first-order valence-corrected chi connectivity index (χ1v) is 9.21. The van der Waals surface area contributed by atoms with Gasteiger partial charge in [0.2, 0.25) is 5.91 Å². The molecule has 27 heavy (non-hydrogen) atoms. The molecule has 2 aliphatic heterocycles. The maximum absolute atomic E-state index is 13.1. The first kappa shape index (κ1) is 17.7. The molecule has 140 valence electrons. The fourth-order valence-electron chi connectivity index (χ4n) is 3.91. The summed E-state index contributed by atoms with van der Waals surface area (Å²) in [4.78, 5) is 31.1. The number of nitrogens with zero attached hydrogens (tertiary/aromatic N) is 3. The second kappa shape index (κ2) is 7.12. The highest BCUT2D eigenvalue weighted by Gasteiger charge is 2.43. The fourth-order valence-corrected chi connectivity index (χ4v) is 3.91. The van der Waals surface area contributed by atoms with E-state index in [9.17, 15) is 14.0 Å². The normalized spacial score (nSPS) is 21.2. The lowest BCUT2D eigenvalue weighted by Gasteiger charge is -2.38. The molecule has 2 aliphatic rings. The van der Waals surface area contributed by atoms with Crippen molar-refractivity contribution in [2.45, 2.75) is 19.4 Å². The van der Waals surface area contributed by atoms with Crippen molar-refractivity contribution in [2.24, 2.45) is 0 Å². The SMILES string of the molecule is Cc1ccccc1N1C(=O)C[C@H](N2CCN(c3ccc(F)cc3)CC2)C1=O. The number of imide groups is 1. The van der Waals surface area contributed by atoms with E-state index in [1.165, 1.54) is 17.0 Å². The number of anilines is 2. The summed E-state index contributed by atoms with van der Waals surface area (Å²) in [5, 5.41) is 0. The van der Waals surface area contributed by atoms with Gasteiger partial charge in [-0.1, -0.05) is 18.2 Å². The van der Waals surface area contributed by atoms with Crippen LogP contribution in [0.5, 0.6) is 0 Å². The van der Waals surface area contributed by atoms with Crippen molar-refractivity contribution in [1.82, 2.24) is 4.90 Å². The second-order valence-electron chi connectivity index (χ2n) is 7.07. The van der Waals surface area contributed by atoms with E-state index >= 15 is 0 Å². The Balaban J connectivity index is 1.45. The molecule has 5 nitrogen and oxygen atoms in total. The molecule has 2 saturated heterocycles. The topological polar surface area (TPSA) is 43.9 Å². The standard InChI is InChI=1S/C21H22FN3O2/c1-15-4-2-3-5-18(15)25-20(26)14-19(21(25)27)24-12-10-23(11-13-24)17-8-6-16(22)7-9-17/h2-9,19H,10-14H2,1H3/t19-/m0/s1. The lowest BCUT2D eigenvalue weighted by Crippen LogP contribution is -2.52. The Morgan fingerprint density at radius 3 is 2.26 bits per heavy atom. The zero-order valence-corrected chi connectivity index (χ0v) is 15.3. The number of amides is 2. The third kappa shape index (κ3) is 3.32. The molecule has 2 fully saturated rings. The Bertz CT molecular complexity index is 860. The summed E-state index contributed by atoms with van der Waals surface area (Å²) < 4.78 is 13.1. The molecule has 0 spiro atoms. The average Bonchev–Trinajstić information content (AvgIpc) is 2.97. The first-order chi connectivity index (χ1) is 13.0. The zero-order chi connectivity index (χ0) is 19.0. The predicted molar refractivity (Wildman–Crippen MR) is 102 cm³/mol. The average molecular weight is 367 g/mol. The van der Waals surface area contributed by atoms with Gasteiger partial charge in [0.05, 0.1) is 18.2 Å². The number of carbonyl (C=O) groups is 2. The zero-order valence-electron chi connectivity index (χ0n) is 15.3. The molecule has 0 unspecified atom stereocenters. The van der Waals surface area contributed by atoms with E-state index in [4.69, 9.17) is 0 Å². The lowest BCUT2D eigenvalue weighted by molar-refractivity contribution is -0.123. The first-order valence-electron chi connectivity index (χ1n) is 9.21. The minimum Gasteiger partial charge on any atom is -0.369 e. The quantitative estimate of drug-likeness (QED) is 0.783. The number of aryl methyl sites for hydroxylation is 1. The number of benzene rings is 2. The molecule has 2 heterocycles. The summed E-state index contributed by atoms with van der Waals surface area (Å²) in [7, 11) is 0. The van der Waals surface area contributed by atoms with Gasteiger partial charge in [-0.05, 0) is 42.8 Å². The van der Waals surface area contributed by atoms with Gasteiger partial charge in [0.25, 0.3) is 5.91 Å². The maximum Gasteiger partial charge on any atom is 0.251 e. The van der Waals surface area contributed by atoms with Crippen LogP contribution in [-0.4, -0.2) is 48.9 Å². The summed E-state index contributed by atoms with van der Waals surface area (Å²) in [6.45, 7) is 4.79. The fraction of sp³-hybridized carbons (Fsp3) is 0.333. The largest absolute Gasteiger partial charge is 0.369 e. The van der Waals surface area contributed by atoms with E-state index in [0.717, 1.165) is 24.3 Å². The van der Waals surface area contributed by atoms with Gasteiger partial charge >= 0.3 is 0 Å². The highest BCUT2D eigenvalue weighted by Crippen LogP contribution is 2.29. The van der Waals surface area contributed by atoms with Crippen molar-refractivity contribution in [3.63, 3.8) is 0 Å². The summed E-state index contributed by atoms with van der Waals surface area (Å²) >= 11 is 0. The molecule has 4 rings (SSSR count). The number of hydrogen-bond acceptors (Lipinski definition) is 4. The Kier molecular flexibility index (Phi) is 4.66. The molecule has 0 aliphatic carbocycles. The van der Waals surface area contributed by atoms with Crippen LogP contribution in [0, 0.1) is 12.7 Å².